The molecule has 0 aromatic heterocycles. The van der Waals surface area contributed by atoms with E-state index in [2.05, 4.69) is 41.7 Å². The fourth-order valence-corrected chi connectivity index (χ4v) is 4.16. The summed E-state index contributed by atoms with van der Waals surface area (Å²) in [6.45, 7) is 5.18. The summed E-state index contributed by atoms with van der Waals surface area (Å²) < 4.78 is 0. The highest BCUT2D eigenvalue weighted by atomic mass is 16.2. The van der Waals surface area contributed by atoms with Gasteiger partial charge in [0.1, 0.15) is 6.04 Å². The average molecular weight is 431 g/mol. The van der Waals surface area contributed by atoms with E-state index in [1.54, 1.807) is 4.90 Å². The van der Waals surface area contributed by atoms with Gasteiger partial charge in [0.05, 0.1) is 0 Å². The van der Waals surface area contributed by atoms with Crippen molar-refractivity contribution in [2.75, 3.05) is 13.1 Å². The van der Waals surface area contributed by atoms with Crippen molar-refractivity contribution in [3.8, 4) is 0 Å². The second-order valence-corrected chi connectivity index (χ2v) is 8.18. The summed E-state index contributed by atoms with van der Waals surface area (Å²) in [6, 6.07) is 24.2. The van der Waals surface area contributed by atoms with Crippen LogP contribution in [0.15, 0.2) is 72.8 Å². The van der Waals surface area contributed by atoms with Gasteiger partial charge < -0.3 is 10.2 Å². The van der Waals surface area contributed by atoms with Crippen molar-refractivity contribution >= 4 is 22.6 Å². The van der Waals surface area contributed by atoms with Gasteiger partial charge in [-0.05, 0) is 47.6 Å². The molecule has 0 bridgehead atoms. The maximum absolute atomic E-state index is 13.4. The quantitative estimate of drug-likeness (QED) is 0.457. The largest absolute Gasteiger partial charge is 0.354 e. The van der Waals surface area contributed by atoms with Crippen molar-refractivity contribution in [2.24, 2.45) is 0 Å². The topological polar surface area (TPSA) is 49.4 Å². The van der Waals surface area contributed by atoms with Gasteiger partial charge in [0.25, 0.3) is 0 Å². The maximum Gasteiger partial charge on any atom is 0.242 e. The van der Waals surface area contributed by atoms with E-state index < -0.39 is 6.04 Å². The molecule has 4 nitrogen and oxygen atoms in total. The molecule has 0 aliphatic rings. The molecule has 3 aromatic carbocycles. The Labute approximate surface area is 191 Å². The van der Waals surface area contributed by atoms with Crippen molar-refractivity contribution < 1.29 is 9.59 Å². The third kappa shape index (κ3) is 6.19. The van der Waals surface area contributed by atoms with Crippen LogP contribution in [0.25, 0.3) is 10.8 Å². The van der Waals surface area contributed by atoms with Crippen molar-refractivity contribution in [3.05, 3.63) is 83.9 Å². The number of carbonyl (C=O) groups excluding carboxylic acids is 2. The van der Waals surface area contributed by atoms with E-state index in [9.17, 15) is 9.59 Å². The molecular formula is C28H34N2O2. The van der Waals surface area contributed by atoms with Gasteiger partial charge in [-0.1, -0.05) is 86.6 Å². The fraction of sp³-hybridized carbons (Fsp3) is 0.357. The lowest BCUT2D eigenvalue weighted by Crippen LogP contribution is -2.50. The average Bonchev–Trinajstić information content (AvgIpc) is 2.84. The van der Waals surface area contributed by atoms with Gasteiger partial charge in [0, 0.05) is 19.5 Å². The fourth-order valence-electron chi connectivity index (χ4n) is 4.16. The molecule has 3 rings (SSSR count). The highest BCUT2D eigenvalue weighted by molar-refractivity contribution is 5.89. The van der Waals surface area contributed by atoms with Gasteiger partial charge in [-0.15, -0.1) is 0 Å². The molecule has 4 heteroatoms. The molecule has 0 fully saturated rings. The third-order valence-electron chi connectivity index (χ3n) is 5.91. The van der Waals surface area contributed by atoms with Crippen LogP contribution >= 0.6 is 0 Å². The molecule has 0 radical (unpaired) electrons. The summed E-state index contributed by atoms with van der Waals surface area (Å²) in [5.41, 5.74) is 2.34. The van der Waals surface area contributed by atoms with E-state index in [0.717, 1.165) is 12.8 Å². The number of fused-ring (bicyclic) bond motifs is 1. The summed E-state index contributed by atoms with van der Waals surface area (Å²) in [6.07, 6.45) is 3.26. The second-order valence-electron chi connectivity index (χ2n) is 8.18. The minimum atomic E-state index is -0.440. The summed E-state index contributed by atoms with van der Waals surface area (Å²) in [5.74, 6) is -0.0201. The van der Waals surface area contributed by atoms with E-state index >= 15 is 0 Å². The number of carbonyl (C=O) groups is 2. The number of rotatable bonds is 11. The third-order valence-corrected chi connectivity index (χ3v) is 5.91. The molecule has 168 valence electrons. The van der Waals surface area contributed by atoms with Gasteiger partial charge in [-0.2, -0.15) is 0 Å². The lowest BCUT2D eigenvalue weighted by molar-refractivity contribution is -0.140. The maximum atomic E-state index is 13.4. The highest BCUT2D eigenvalue weighted by Gasteiger charge is 2.27. The molecule has 0 spiro atoms. The van der Waals surface area contributed by atoms with Crippen LogP contribution in [0.5, 0.6) is 0 Å². The number of hydrogen-bond acceptors (Lipinski definition) is 2. The predicted molar refractivity (Wildman–Crippen MR) is 132 cm³/mol. The Morgan fingerprint density at radius 3 is 2.34 bits per heavy atom. The Balaban J connectivity index is 1.75. The first kappa shape index (κ1) is 23.5. The number of aryl methyl sites for hydroxylation is 1. The molecular weight excluding hydrogens is 396 g/mol. The number of hydrogen-bond donors (Lipinski definition) is 1. The first-order chi connectivity index (χ1) is 15.6. The molecule has 1 unspecified atom stereocenters. The minimum absolute atomic E-state index is 0.0346. The molecule has 1 atom stereocenters. The van der Waals surface area contributed by atoms with Crippen molar-refractivity contribution in [3.63, 3.8) is 0 Å². The second kappa shape index (κ2) is 12.0. The van der Waals surface area contributed by atoms with Crippen molar-refractivity contribution in [2.45, 2.75) is 52.0 Å². The zero-order valence-corrected chi connectivity index (χ0v) is 19.2. The molecule has 3 aromatic rings. The Morgan fingerprint density at radius 1 is 0.875 bits per heavy atom. The van der Waals surface area contributed by atoms with E-state index in [1.807, 2.05) is 50.2 Å². The van der Waals surface area contributed by atoms with Crippen molar-refractivity contribution in [1.82, 2.24) is 10.2 Å². The van der Waals surface area contributed by atoms with Gasteiger partial charge >= 0.3 is 0 Å². The Kier molecular flexibility index (Phi) is 8.85. The van der Waals surface area contributed by atoms with E-state index in [4.69, 9.17) is 0 Å². The molecule has 0 aliphatic carbocycles. The first-order valence-electron chi connectivity index (χ1n) is 11.7. The lowest BCUT2D eigenvalue weighted by Gasteiger charge is -2.30. The van der Waals surface area contributed by atoms with Crippen LogP contribution in [0.2, 0.25) is 0 Å². The molecule has 0 aliphatic heterocycles. The van der Waals surface area contributed by atoms with Crippen LogP contribution in [0.3, 0.4) is 0 Å². The van der Waals surface area contributed by atoms with Crippen LogP contribution in [0.4, 0.5) is 0 Å². The smallest absolute Gasteiger partial charge is 0.242 e. The molecule has 0 heterocycles. The lowest BCUT2D eigenvalue weighted by atomic mass is 10.00. The summed E-state index contributed by atoms with van der Waals surface area (Å²) >= 11 is 0. The van der Waals surface area contributed by atoms with Gasteiger partial charge in [0.15, 0.2) is 0 Å². The molecule has 0 saturated carbocycles. The standard InChI is InChI=1S/C28H34N2O2/c1-3-20-29-28(32)26(4-2)30(21-19-22-11-6-5-7-12-22)27(31)18-17-24-15-10-14-23-13-8-9-16-25(23)24/h5-16,26H,3-4,17-21H2,1-2H3,(H,29,32). The molecule has 1 N–H and O–H groups in total. The molecule has 32 heavy (non-hydrogen) atoms. The van der Waals surface area contributed by atoms with Gasteiger partial charge in [0.2, 0.25) is 11.8 Å². The Morgan fingerprint density at radius 2 is 1.59 bits per heavy atom. The summed E-state index contributed by atoms with van der Waals surface area (Å²) in [7, 11) is 0. The Hall–Kier alpha value is -3.14. The van der Waals surface area contributed by atoms with Crippen LogP contribution in [-0.2, 0) is 22.4 Å². The SMILES string of the molecule is CCCNC(=O)C(CC)N(CCc1ccccc1)C(=O)CCc1cccc2ccccc12. The minimum Gasteiger partial charge on any atom is -0.354 e. The number of benzene rings is 3. The molecule has 0 saturated heterocycles. The zero-order valence-electron chi connectivity index (χ0n) is 19.2. The normalized spacial score (nSPS) is 11.8. The van der Waals surface area contributed by atoms with E-state index in [0.29, 0.717) is 32.4 Å². The predicted octanol–water partition coefficient (Wildman–Crippen LogP) is 5.15. The van der Waals surface area contributed by atoms with Crippen LogP contribution in [-0.4, -0.2) is 35.8 Å². The Bertz CT molecular complexity index is 1010. The molecule has 2 amide bonds. The van der Waals surface area contributed by atoms with Crippen molar-refractivity contribution in [1.29, 1.82) is 0 Å². The van der Waals surface area contributed by atoms with Gasteiger partial charge in [-0.3, -0.25) is 9.59 Å². The van der Waals surface area contributed by atoms with E-state index in [-0.39, 0.29) is 11.8 Å². The number of nitrogens with one attached hydrogen (secondary N) is 1. The monoisotopic (exact) mass is 430 g/mol. The van der Waals surface area contributed by atoms with E-state index in [1.165, 1.54) is 21.9 Å². The number of nitrogens with zero attached hydrogens (tertiary/aromatic N) is 1. The zero-order chi connectivity index (χ0) is 22.8. The van der Waals surface area contributed by atoms with Crippen LogP contribution < -0.4 is 5.32 Å². The summed E-state index contributed by atoms with van der Waals surface area (Å²) in [4.78, 5) is 28.0. The van der Waals surface area contributed by atoms with Crippen LogP contribution in [0, 0.1) is 0 Å². The summed E-state index contributed by atoms with van der Waals surface area (Å²) in [5, 5.41) is 5.35. The highest BCUT2D eigenvalue weighted by Crippen LogP contribution is 2.20. The van der Waals surface area contributed by atoms with Gasteiger partial charge in [-0.25, -0.2) is 0 Å². The van der Waals surface area contributed by atoms with Crippen LogP contribution in [0.1, 0.15) is 44.2 Å². The number of amides is 2. The first-order valence-corrected chi connectivity index (χ1v) is 11.7.